The Bertz CT molecular complexity index is 1220. The van der Waals surface area contributed by atoms with Crippen molar-refractivity contribution in [3.63, 3.8) is 0 Å². The Morgan fingerprint density at radius 3 is 2.44 bits per heavy atom. The molecule has 0 aromatic heterocycles. The van der Waals surface area contributed by atoms with Crippen molar-refractivity contribution in [2.24, 2.45) is 5.10 Å². The lowest BCUT2D eigenvalue weighted by Crippen LogP contribution is -2.19. The zero-order chi connectivity index (χ0) is 22.2. The molecule has 4 nitrogen and oxygen atoms in total. The molecule has 1 amide bonds. The smallest absolute Gasteiger partial charge is 0.244 e. The maximum absolute atomic E-state index is 12.2. The lowest BCUT2D eigenvalue weighted by atomic mass is 10.1. The molecule has 0 atom stereocenters. The van der Waals surface area contributed by atoms with E-state index < -0.39 is 0 Å². The summed E-state index contributed by atoms with van der Waals surface area (Å²) < 4.78 is 6.10. The van der Waals surface area contributed by atoms with Crippen LogP contribution in [0.4, 0.5) is 0 Å². The third-order valence-electron chi connectivity index (χ3n) is 5.37. The summed E-state index contributed by atoms with van der Waals surface area (Å²) in [5, 5.41) is 6.50. The average Bonchev–Trinajstić information content (AvgIpc) is 2.84. The molecule has 0 spiro atoms. The molecule has 0 saturated heterocycles. The van der Waals surface area contributed by atoms with E-state index in [2.05, 4.69) is 53.8 Å². The van der Waals surface area contributed by atoms with Crippen molar-refractivity contribution in [2.45, 2.75) is 26.4 Å². The number of benzene rings is 4. The second kappa shape index (κ2) is 10.4. The average molecular weight is 423 g/mol. The lowest BCUT2D eigenvalue weighted by Gasteiger charge is -2.11. The third-order valence-corrected chi connectivity index (χ3v) is 5.37. The van der Waals surface area contributed by atoms with Crippen molar-refractivity contribution >= 4 is 22.9 Å². The maximum atomic E-state index is 12.2. The standard InChI is InChI=1S/C28H26N2O2/c1-2-21-14-16-22(17-15-21)18-28(31)30-29-19-24-9-4-6-13-27(24)32-20-25-11-7-10-23-8-3-5-12-26(23)25/h3-17,19H,2,18,20H2,1H3,(H,30,31)/b29-19+. The molecule has 0 aliphatic rings. The first-order valence-corrected chi connectivity index (χ1v) is 10.8. The maximum Gasteiger partial charge on any atom is 0.244 e. The SMILES string of the molecule is CCc1ccc(CC(=O)N/N=C/c2ccccc2OCc2cccc3ccccc23)cc1. The van der Waals surface area contributed by atoms with Crippen LogP contribution < -0.4 is 10.2 Å². The fraction of sp³-hybridized carbons (Fsp3) is 0.143. The van der Waals surface area contributed by atoms with Crippen molar-refractivity contribution in [2.75, 3.05) is 0 Å². The van der Waals surface area contributed by atoms with Crippen LogP contribution in [-0.2, 0) is 24.2 Å². The van der Waals surface area contributed by atoms with Gasteiger partial charge in [0.1, 0.15) is 12.4 Å². The third kappa shape index (κ3) is 5.41. The van der Waals surface area contributed by atoms with Gasteiger partial charge in [-0.05, 0) is 46.0 Å². The van der Waals surface area contributed by atoms with Crippen molar-refractivity contribution in [1.82, 2.24) is 5.43 Å². The minimum atomic E-state index is -0.153. The van der Waals surface area contributed by atoms with Crippen LogP contribution in [0.1, 0.15) is 29.2 Å². The van der Waals surface area contributed by atoms with Gasteiger partial charge in [0.2, 0.25) is 5.91 Å². The predicted octanol–water partition coefficient (Wildman–Crippen LogP) is 5.67. The summed E-state index contributed by atoms with van der Waals surface area (Å²) in [4.78, 5) is 12.2. The summed E-state index contributed by atoms with van der Waals surface area (Å²) in [6, 6.07) is 30.2. The second-order valence-corrected chi connectivity index (χ2v) is 7.60. The van der Waals surface area contributed by atoms with Crippen LogP contribution in [0, 0.1) is 0 Å². The summed E-state index contributed by atoms with van der Waals surface area (Å²) in [6.07, 6.45) is 2.90. The number of hydrogen-bond donors (Lipinski definition) is 1. The molecule has 4 aromatic rings. The Balaban J connectivity index is 1.38. The quantitative estimate of drug-likeness (QED) is 0.294. The number of fused-ring (bicyclic) bond motifs is 1. The number of carbonyl (C=O) groups excluding carboxylic acids is 1. The van der Waals surface area contributed by atoms with E-state index in [-0.39, 0.29) is 5.91 Å². The molecule has 32 heavy (non-hydrogen) atoms. The molecule has 0 unspecified atom stereocenters. The highest BCUT2D eigenvalue weighted by Gasteiger charge is 2.06. The molecule has 0 aliphatic carbocycles. The highest BCUT2D eigenvalue weighted by Crippen LogP contribution is 2.22. The van der Waals surface area contributed by atoms with Gasteiger partial charge in [-0.2, -0.15) is 5.10 Å². The van der Waals surface area contributed by atoms with E-state index in [4.69, 9.17) is 4.74 Å². The molecule has 0 radical (unpaired) electrons. The van der Waals surface area contributed by atoms with E-state index in [9.17, 15) is 4.79 Å². The minimum Gasteiger partial charge on any atom is -0.488 e. The molecule has 0 fully saturated rings. The van der Waals surface area contributed by atoms with E-state index >= 15 is 0 Å². The van der Waals surface area contributed by atoms with E-state index in [1.165, 1.54) is 16.3 Å². The number of amides is 1. The Morgan fingerprint density at radius 1 is 0.875 bits per heavy atom. The number of nitrogens with one attached hydrogen (secondary N) is 1. The van der Waals surface area contributed by atoms with Gasteiger partial charge in [0, 0.05) is 5.56 Å². The van der Waals surface area contributed by atoms with Gasteiger partial charge in [-0.1, -0.05) is 85.8 Å². The highest BCUT2D eigenvalue weighted by atomic mass is 16.5. The van der Waals surface area contributed by atoms with Gasteiger partial charge in [-0.3, -0.25) is 4.79 Å². The minimum absolute atomic E-state index is 0.153. The Kier molecular flexibility index (Phi) is 6.93. The molecule has 160 valence electrons. The summed E-state index contributed by atoms with van der Waals surface area (Å²) in [5.74, 6) is 0.563. The number of hydrogen-bond acceptors (Lipinski definition) is 3. The monoisotopic (exact) mass is 422 g/mol. The Hall–Kier alpha value is -3.92. The largest absolute Gasteiger partial charge is 0.488 e. The van der Waals surface area contributed by atoms with Crippen LogP contribution in [0.2, 0.25) is 0 Å². The molecule has 0 aliphatic heterocycles. The van der Waals surface area contributed by atoms with Crippen molar-refractivity contribution in [1.29, 1.82) is 0 Å². The van der Waals surface area contributed by atoms with E-state index in [0.29, 0.717) is 18.8 Å². The predicted molar refractivity (Wildman–Crippen MR) is 130 cm³/mol. The van der Waals surface area contributed by atoms with Gasteiger partial charge in [0.15, 0.2) is 0 Å². The first-order chi connectivity index (χ1) is 15.7. The number of hydrazone groups is 1. The fourth-order valence-corrected chi connectivity index (χ4v) is 3.58. The molecule has 4 aromatic carbocycles. The number of rotatable bonds is 8. The van der Waals surface area contributed by atoms with Crippen LogP contribution >= 0.6 is 0 Å². The van der Waals surface area contributed by atoms with Crippen LogP contribution in [0.5, 0.6) is 5.75 Å². The van der Waals surface area contributed by atoms with E-state index in [0.717, 1.165) is 23.1 Å². The van der Waals surface area contributed by atoms with Gasteiger partial charge < -0.3 is 4.74 Å². The number of aryl methyl sites for hydroxylation is 1. The summed E-state index contributed by atoms with van der Waals surface area (Å²) in [6.45, 7) is 2.56. The van der Waals surface area contributed by atoms with E-state index in [1.54, 1.807) is 6.21 Å². The second-order valence-electron chi connectivity index (χ2n) is 7.60. The van der Waals surface area contributed by atoms with Gasteiger partial charge in [0.05, 0.1) is 12.6 Å². The fourth-order valence-electron chi connectivity index (χ4n) is 3.58. The highest BCUT2D eigenvalue weighted by molar-refractivity contribution is 5.86. The summed E-state index contributed by atoms with van der Waals surface area (Å²) in [5.41, 5.74) is 6.76. The first kappa shape index (κ1) is 21.3. The van der Waals surface area contributed by atoms with Crippen LogP contribution in [0.15, 0.2) is 96.1 Å². The first-order valence-electron chi connectivity index (χ1n) is 10.8. The van der Waals surface area contributed by atoms with Crippen LogP contribution in [-0.4, -0.2) is 12.1 Å². The molecular formula is C28H26N2O2. The Labute approximate surface area is 188 Å². The topological polar surface area (TPSA) is 50.7 Å². The molecule has 4 heteroatoms. The van der Waals surface area contributed by atoms with Crippen molar-refractivity contribution in [3.05, 3.63) is 113 Å². The number of para-hydroxylation sites is 1. The Morgan fingerprint density at radius 2 is 1.59 bits per heavy atom. The number of ether oxygens (including phenoxy) is 1. The molecule has 1 N–H and O–H groups in total. The van der Waals surface area contributed by atoms with Crippen LogP contribution in [0.25, 0.3) is 10.8 Å². The zero-order valence-electron chi connectivity index (χ0n) is 18.1. The zero-order valence-corrected chi connectivity index (χ0v) is 18.1. The normalized spacial score (nSPS) is 11.0. The lowest BCUT2D eigenvalue weighted by molar-refractivity contribution is -0.120. The van der Waals surface area contributed by atoms with Gasteiger partial charge in [-0.15, -0.1) is 0 Å². The van der Waals surface area contributed by atoms with Crippen LogP contribution in [0.3, 0.4) is 0 Å². The number of carbonyl (C=O) groups is 1. The molecular weight excluding hydrogens is 396 g/mol. The van der Waals surface area contributed by atoms with E-state index in [1.807, 2.05) is 54.6 Å². The van der Waals surface area contributed by atoms with Crippen molar-refractivity contribution < 1.29 is 9.53 Å². The number of nitrogens with zero attached hydrogens (tertiary/aromatic N) is 1. The molecule has 0 bridgehead atoms. The van der Waals surface area contributed by atoms with Gasteiger partial charge in [-0.25, -0.2) is 5.43 Å². The molecule has 0 saturated carbocycles. The van der Waals surface area contributed by atoms with Gasteiger partial charge >= 0.3 is 0 Å². The summed E-state index contributed by atoms with van der Waals surface area (Å²) >= 11 is 0. The van der Waals surface area contributed by atoms with Crippen molar-refractivity contribution in [3.8, 4) is 5.75 Å². The van der Waals surface area contributed by atoms with Gasteiger partial charge in [0.25, 0.3) is 0 Å². The summed E-state index contributed by atoms with van der Waals surface area (Å²) in [7, 11) is 0. The molecule has 4 rings (SSSR count). The molecule has 0 heterocycles.